The molecule has 15 aromatic rings. The number of rotatable bonds is 16. The van der Waals surface area contributed by atoms with E-state index in [9.17, 15) is 0 Å². The average molecular weight is 1360 g/mol. The Morgan fingerprint density at radius 1 is 0.282 bits per heavy atom. The molecule has 0 N–H and O–H groups in total. The number of fused-ring (bicyclic) bond motifs is 9. The molecule has 1 heterocycles. The molecule has 103 heavy (non-hydrogen) atoms. The van der Waals surface area contributed by atoms with E-state index < -0.39 is 57.4 Å². The molecular formula is C90H54F8N2O3. The molecule has 2 aliphatic rings. The summed E-state index contributed by atoms with van der Waals surface area (Å²) in [5.41, 5.74) is 6.71. The molecule has 14 aromatic carbocycles. The van der Waals surface area contributed by atoms with Crippen molar-refractivity contribution in [1.82, 2.24) is 0 Å². The van der Waals surface area contributed by atoms with Gasteiger partial charge in [-0.15, -0.1) is 0 Å². The summed E-state index contributed by atoms with van der Waals surface area (Å²) in [5, 5.41) is 1.28. The maximum Gasteiger partial charge on any atom is 0.160 e. The summed E-state index contributed by atoms with van der Waals surface area (Å²) in [6, 6.07) is 80.1. The maximum absolute atomic E-state index is 17.1. The van der Waals surface area contributed by atoms with Crippen molar-refractivity contribution in [2.24, 2.45) is 0 Å². The molecule has 1 aromatic heterocycles. The van der Waals surface area contributed by atoms with Crippen LogP contribution in [0.25, 0.3) is 56.3 Å². The van der Waals surface area contributed by atoms with Crippen molar-refractivity contribution in [2.75, 3.05) is 9.80 Å². The normalized spacial score (nSPS) is 14.8. The fraction of sp³-hybridized carbons (Fsp3) is 0.0222. The van der Waals surface area contributed by atoms with Crippen LogP contribution in [0.5, 0.6) is 23.0 Å². The number of anilines is 6. The van der Waals surface area contributed by atoms with E-state index in [0.717, 1.165) is 35.4 Å². The molecule has 0 saturated heterocycles. The SMILES string of the molecule is C=Cc1ccc(Oc2ccc(C3(c4c(F)cccc4F)c4ccccc4-c4ccc(N(c5ccc(F)c(F)c5)c5ccc6c(c5)oc5cc(N(c7ccc(F)c(F)c7)c7ccc8c(c7)C(c7ccc(Oc9ccc(C=C)cc9)cc7)(c7c(F)cccc7F)c7ccccc7-8)ccc56)cc43)cc2)cc1. The van der Waals surface area contributed by atoms with Gasteiger partial charge in [0.25, 0.3) is 0 Å². The zero-order chi connectivity index (χ0) is 70.4. The van der Waals surface area contributed by atoms with Crippen molar-refractivity contribution < 1.29 is 49.0 Å². The molecular weight excluding hydrogens is 1310 g/mol. The quantitative estimate of drug-likeness (QED) is 0.0902. The topological polar surface area (TPSA) is 38.1 Å². The Morgan fingerprint density at radius 3 is 0.971 bits per heavy atom. The lowest BCUT2D eigenvalue weighted by Crippen LogP contribution is -2.31. The third kappa shape index (κ3) is 10.4. The minimum Gasteiger partial charge on any atom is -0.457 e. The van der Waals surface area contributed by atoms with Gasteiger partial charge in [-0.05, 0) is 212 Å². The van der Waals surface area contributed by atoms with Crippen LogP contribution in [0.2, 0.25) is 0 Å². The highest BCUT2D eigenvalue weighted by Gasteiger charge is 2.51. The molecule has 0 spiro atoms. The Hall–Kier alpha value is -13.0. The molecule has 0 aliphatic heterocycles. The summed E-state index contributed by atoms with van der Waals surface area (Å²) < 4.78 is 150. The summed E-state index contributed by atoms with van der Waals surface area (Å²) in [6.07, 6.45) is 3.45. The molecule has 2 aliphatic carbocycles. The maximum atomic E-state index is 17.1. The van der Waals surface area contributed by atoms with Crippen molar-refractivity contribution >= 4 is 68.2 Å². The van der Waals surface area contributed by atoms with Gasteiger partial charge in [-0.2, -0.15) is 0 Å². The molecule has 0 amide bonds. The number of ether oxygens (including phenoxy) is 2. The highest BCUT2D eigenvalue weighted by Crippen LogP contribution is 2.61. The van der Waals surface area contributed by atoms with Crippen LogP contribution in [0.3, 0.4) is 0 Å². The zero-order valence-electron chi connectivity index (χ0n) is 54.4. The van der Waals surface area contributed by atoms with E-state index in [-0.39, 0.29) is 22.5 Å². The fourth-order valence-electron chi connectivity index (χ4n) is 15.3. The second-order valence-electron chi connectivity index (χ2n) is 25.4. The largest absolute Gasteiger partial charge is 0.457 e. The van der Waals surface area contributed by atoms with Crippen molar-refractivity contribution in [2.45, 2.75) is 10.8 Å². The molecule has 0 radical (unpaired) electrons. The lowest BCUT2D eigenvalue weighted by molar-refractivity contribution is 0.481. The van der Waals surface area contributed by atoms with E-state index in [1.54, 1.807) is 94.7 Å². The lowest BCUT2D eigenvalue weighted by Gasteiger charge is -2.35. The summed E-state index contributed by atoms with van der Waals surface area (Å²) in [4.78, 5) is 3.41. The average Bonchev–Trinajstić information content (AvgIpc) is 1.54. The first-order valence-electron chi connectivity index (χ1n) is 33.1. The number of benzene rings is 14. The molecule has 13 heteroatoms. The standard InChI is InChI=1S/C90H54F8N2O3/c1-3-53-19-33-63(34-20-53)101-65-37-23-55(24-38-65)89(87-79(93)15-9-16-80(87)94)73-13-7-5-11-67(73)69-41-27-57(47-75(69)89)99(59-31-45-77(91)83(97)49-59)61-29-43-71-72-44-30-62(52-86(72)103-85(71)51-61)100(60-32-46-78(92)84(98)50-60)58-28-42-70-68-12-6-8-14-74(68)90(76(70)48-58,88-81(95)17-10-18-82(88)96)56-25-39-66(40-26-56)102-64-35-21-54(4-2)22-36-64/h3-52H,1-2H2. The van der Waals surface area contributed by atoms with Gasteiger partial charge in [-0.25, -0.2) is 35.1 Å². The second kappa shape index (κ2) is 25.0. The number of furan rings is 1. The van der Waals surface area contributed by atoms with Crippen LogP contribution in [0.15, 0.2) is 309 Å². The van der Waals surface area contributed by atoms with E-state index in [0.29, 0.717) is 123 Å². The van der Waals surface area contributed by atoms with E-state index in [4.69, 9.17) is 13.9 Å². The van der Waals surface area contributed by atoms with Crippen LogP contribution < -0.4 is 19.3 Å². The number of halogens is 8. The molecule has 0 saturated carbocycles. The van der Waals surface area contributed by atoms with Gasteiger partial charge in [0, 0.05) is 80.3 Å². The van der Waals surface area contributed by atoms with Gasteiger partial charge < -0.3 is 23.7 Å². The molecule has 2 atom stereocenters. The van der Waals surface area contributed by atoms with Crippen LogP contribution in [0.4, 0.5) is 69.2 Å². The van der Waals surface area contributed by atoms with Crippen LogP contribution in [0.1, 0.15) is 55.6 Å². The summed E-state index contributed by atoms with van der Waals surface area (Å²) in [5.74, 6) is -5.58. The monoisotopic (exact) mass is 1360 g/mol. The molecule has 2 unspecified atom stereocenters. The number of hydrogen-bond donors (Lipinski definition) is 0. The van der Waals surface area contributed by atoms with E-state index >= 15 is 35.1 Å². The predicted octanol–water partition coefficient (Wildman–Crippen LogP) is 25.2. The predicted molar refractivity (Wildman–Crippen MR) is 391 cm³/mol. The van der Waals surface area contributed by atoms with E-state index in [2.05, 4.69) is 13.2 Å². The first-order valence-corrected chi connectivity index (χ1v) is 33.1. The van der Waals surface area contributed by atoms with E-state index in [1.165, 1.54) is 48.5 Å². The minimum atomic E-state index is -1.65. The summed E-state index contributed by atoms with van der Waals surface area (Å²) in [7, 11) is 0. The third-order valence-corrected chi connectivity index (χ3v) is 19.8. The number of nitrogens with zero attached hydrogens (tertiary/aromatic N) is 2. The fourth-order valence-corrected chi connectivity index (χ4v) is 15.3. The second-order valence-corrected chi connectivity index (χ2v) is 25.4. The smallest absolute Gasteiger partial charge is 0.160 e. The van der Waals surface area contributed by atoms with Crippen LogP contribution in [-0.2, 0) is 10.8 Å². The van der Waals surface area contributed by atoms with Gasteiger partial charge in [0.15, 0.2) is 23.3 Å². The van der Waals surface area contributed by atoms with Gasteiger partial charge in [0.05, 0.1) is 10.8 Å². The Balaban J connectivity index is 0.805. The van der Waals surface area contributed by atoms with Gasteiger partial charge in [-0.3, -0.25) is 0 Å². The highest BCUT2D eigenvalue weighted by molar-refractivity contribution is 6.07. The first kappa shape index (κ1) is 63.4. The van der Waals surface area contributed by atoms with Crippen LogP contribution >= 0.6 is 0 Å². The van der Waals surface area contributed by atoms with Crippen molar-refractivity contribution in [3.63, 3.8) is 0 Å². The first-order chi connectivity index (χ1) is 50.2. The molecule has 17 rings (SSSR count). The highest BCUT2D eigenvalue weighted by atomic mass is 19.2. The minimum absolute atomic E-state index is 0.190. The van der Waals surface area contributed by atoms with Gasteiger partial charge in [-0.1, -0.05) is 147 Å². The van der Waals surface area contributed by atoms with Crippen molar-refractivity contribution in [3.8, 4) is 45.3 Å². The number of hydrogen-bond acceptors (Lipinski definition) is 5. The van der Waals surface area contributed by atoms with Gasteiger partial charge in [0.2, 0.25) is 0 Å². The zero-order valence-corrected chi connectivity index (χ0v) is 54.4. The third-order valence-electron chi connectivity index (χ3n) is 19.8. The van der Waals surface area contributed by atoms with Gasteiger partial charge >= 0.3 is 0 Å². The Bertz CT molecular complexity index is 5540. The lowest BCUT2D eigenvalue weighted by atomic mass is 9.67. The van der Waals surface area contributed by atoms with Crippen LogP contribution in [0, 0.1) is 46.5 Å². The summed E-state index contributed by atoms with van der Waals surface area (Å²) in [6.45, 7) is 7.68. The summed E-state index contributed by atoms with van der Waals surface area (Å²) >= 11 is 0. The molecule has 5 nitrogen and oxygen atoms in total. The van der Waals surface area contributed by atoms with Gasteiger partial charge in [0.1, 0.15) is 57.4 Å². The molecule has 0 bridgehead atoms. The van der Waals surface area contributed by atoms with Crippen LogP contribution in [-0.4, -0.2) is 0 Å². The molecule has 498 valence electrons. The van der Waals surface area contributed by atoms with Crippen molar-refractivity contribution in [3.05, 3.63) is 407 Å². The Labute approximate surface area is 586 Å². The van der Waals surface area contributed by atoms with E-state index in [1.807, 2.05) is 146 Å². The molecule has 0 fully saturated rings. The Morgan fingerprint density at radius 2 is 0.602 bits per heavy atom. The Kier molecular flexibility index (Phi) is 15.4. The van der Waals surface area contributed by atoms with Crippen molar-refractivity contribution in [1.29, 1.82) is 0 Å².